The lowest BCUT2D eigenvalue weighted by Crippen LogP contribution is -2.26. The third kappa shape index (κ3) is 4.83. The molecule has 3 N–H and O–H groups in total. The van der Waals surface area contributed by atoms with Crippen molar-refractivity contribution in [3.8, 4) is 5.75 Å². The molecule has 0 aliphatic rings. The van der Waals surface area contributed by atoms with E-state index in [4.69, 9.17) is 21.4 Å². The molecule has 162 valence electrons. The number of rotatable bonds is 7. The second-order valence-electron chi connectivity index (χ2n) is 6.57. The van der Waals surface area contributed by atoms with E-state index in [-0.39, 0.29) is 29.4 Å². The number of hydrogen-bond acceptors (Lipinski definition) is 4. The van der Waals surface area contributed by atoms with Gasteiger partial charge in [-0.1, -0.05) is 11.6 Å². The molecule has 7 nitrogen and oxygen atoms in total. The molecule has 2 aromatic carbocycles. The van der Waals surface area contributed by atoms with E-state index in [1.807, 2.05) is 0 Å². The van der Waals surface area contributed by atoms with E-state index in [0.717, 1.165) is 12.1 Å². The van der Waals surface area contributed by atoms with Gasteiger partial charge in [-0.2, -0.15) is 0 Å². The Hall–Kier alpha value is -3.46. The molecule has 3 rings (SSSR count). The average Bonchev–Trinajstić information content (AvgIpc) is 2.71. The molecule has 0 radical (unpaired) electrons. The number of aromatic carboxylic acids is 1. The number of ether oxygens (including phenoxy) is 1. The van der Waals surface area contributed by atoms with Gasteiger partial charge in [0.15, 0.2) is 11.6 Å². The number of carboxylic acid groups (broad SMARTS) is 1. The molecule has 0 fully saturated rings. The Morgan fingerprint density at radius 3 is 2.65 bits per heavy atom. The van der Waals surface area contributed by atoms with E-state index >= 15 is 0 Å². The van der Waals surface area contributed by atoms with Crippen molar-refractivity contribution in [2.24, 2.45) is 0 Å². The van der Waals surface area contributed by atoms with Crippen molar-refractivity contribution in [1.82, 2.24) is 10.3 Å². The number of amides is 1. The SMILES string of the molecule is CCOc1ccc(F)c(CC(=O)NCc2cc(Cl)cc3cc(C(=O)O)c(=O)[nH]c23)c1F. The summed E-state index contributed by atoms with van der Waals surface area (Å²) in [7, 11) is 0. The minimum absolute atomic E-state index is 0.118. The van der Waals surface area contributed by atoms with Crippen molar-refractivity contribution >= 4 is 34.4 Å². The molecule has 0 unspecified atom stereocenters. The number of fused-ring (bicyclic) bond motifs is 1. The van der Waals surface area contributed by atoms with Crippen molar-refractivity contribution in [1.29, 1.82) is 0 Å². The molecular formula is C21H17ClF2N2O5. The molecule has 0 aliphatic heterocycles. The van der Waals surface area contributed by atoms with E-state index in [1.165, 1.54) is 18.2 Å². The molecule has 0 bridgehead atoms. The summed E-state index contributed by atoms with van der Waals surface area (Å²) in [6.45, 7) is 1.71. The van der Waals surface area contributed by atoms with E-state index in [0.29, 0.717) is 10.9 Å². The summed E-state index contributed by atoms with van der Waals surface area (Å²) in [5, 5.41) is 12.2. The van der Waals surface area contributed by atoms with Crippen molar-refractivity contribution in [3.63, 3.8) is 0 Å². The Morgan fingerprint density at radius 2 is 1.97 bits per heavy atom. The predicted octanol–water partition coefficient (Wildman–Crippen LogP) is 3.42. The van der Waals surface area contributed by atoms with Crippen LogP contribution in [0.15, 0.2) is 35.1 Å². The number of halogens is 3. The topological polar surface area (TPSA) is 108 Å². The quantitative estimate of drug-likeness (QED) is 0.511. The fraction of sp³-hybridized carbons (Fsp3) is 0.190. The van der Waals surface area contributed by atoms with Crippen LogP contribution in [0.5, 0.6) is 5.75 Å². The summed E-state index contributed by atoms with van der Waals surface area (Å²) >= 11 is 6.06. The van der Waals surface area contributed by atoms with Gasteiger partial charge in [0, 0.05) is 22.5 Å². The lowest BCUT2D eigenvalue weighted by Gasteiger charge is -2.12. The van der Waals surface area contributed by atoms with E-state index < -0.39 is 46.6 Å². The summed E-state index contributed by atoms with van der Waals surface area (Å²) in [5.41, 5.74) is -1.01. The van der Waals surface area contributed by atoms with Crippen LogP contribution in [0.25, 0.3) is 10.9 Å². The molecule has 1 aromatic heterocycles. The van der Waals surface area contributed by atoms with Crippen LogP contribution in [0.4, 0.5) is 8.78 Å². The van der Waals surface area contributed by atoms with Crippen LogP contribution in [-0.4, -0.2) is 28.6 Å². The number of aromatic amines is 1. The highest BCUT2D eigenvalue weighted by Crippen LogP contribution is 2.25. The predicted molar refractivity (Wildman–Crippen MR) is 110 cm³/mol. The lowest BCUT2D eigenvalue weighted by molar-refractivity contribution is -0.120. The van der Waals surface area contributed by atoms with Gasteiger partial charge < -0.3 is 20.1 Å². The number of benzene rings is 2. The van der Waals surface area contributed by atoms with E-state index in [9.17, 15) is 23.2 Å². The van der Waals surface area contributed by atoms with Crippen molar-refractivity contribution in [2.75, 3.05) is 6.61 Å². The first kappa shape index (κ1) is 22.2. The molecule has 3 aromatic rings. The normalized spacial score (nSPS) is 10.8. The maximum Gasteiger partial charge on any atom is 0.341 e. The highest BCUT2D eigenvalue weighted by atomic mass is 35.5. The minimum Gasteiger partial charge on any atom is -0.491 e. The lowest BCUT2D eigenvalue weighted by atomic mass is 10.1. The van der Waals surface area contributed by atoms with Gasteiger partial charge in [0.2, 0.25) is 5.91 Å². The van der Waals surface area contributed by atoms with Crippen LogP contribution in [-0.2, 0) is 17.8 Å². The highest BCUT2D eigenvalue weighted by molar-refractivity contribution is 6.31. The molecule has 0 saturated carbocycles. The highest BCUT2D eigenvalue weighted by Gasteiger charge is 2.18. The van der Waals surface area contributed by atoms with E-state index in [1.54, 1.807) is 6.92 Å². The molecule has 0 spiro atoms. The summed E-state index contributed by atoms with van der Waals surface area (Å²) in [4.78, 5) is 38.0. The molecular weight excluding hydrogens is 434 g/mol. The number of hydrogen-bond donors (Lipinski definition) is 3. The zero-order chi connectivity index (χ0) is 22.7. The number of H-pyrrole nitrogens is 1. The summed E-state index contributed by atoms with van der Waals surface area (Å²) < 4.78 is 33.5. The van der Waals surface area contributed by atoms with E-state index in [2.05, 4.69) is 10.3 Å². The molecule has 0 saturated heterocycles. The van der Waals surface area contributed by atoms with Crippen molar-refractivity contribution < 1.29 is 28.2 Å². The van der Waals surface area contributed by atoms with Crippen molar-refractivity contribution in [2.45, 2.75) is 19.9 Å². The summed E-state index contributed by atoms with van der Waals surface area (Å²) in [6.07, 6.45) is -0.573. The zero-order valence-electron chi connectivity index (χ0n) is 16.2. The van der Waals surface area contributed by atoms with Gasteiger partial charge in [0.1, 0.15) is 11.4 Å². The largest absolute Gasteiger partial charge is 0.491 e. The smallest absolute Gasteiger partial charge is 0.341 e. The Labute approximate surface area is 179 Å². The van der Waals surface area contributed by atoms with Gasteiger partial charge >= 0.3 is 5.97 Å². The second-order valence-corrected chi connectivity index (χ2v) is 7.01. The summed E-state index contributed by atoms with van der Waals surface area (Å²) in [5.74, 6) is -4.05. The molecule has 0 atom stereocenters. The third-order valence-electron chi connectivity index (χ3n) is 4.49. The first-order valence-corrected chi connectivity index (χ1v) is 9.54. The number of nitrogens with one attached hydrogen (secondary N) is 2. The standard InChI is InChI=1S/C21H17ClF2N2O5/c1-2-31-16-4-3-15(23)13(18(16)24)8-17(27)25-9-11-6-12(22)5-10-7-14(21(29)30)20(28)26-19(10)11/h3-7H,2,8-9H2,1H3,(H,25,27)(H,26,28)(H,29,30). The van der Waals surface area contributed by atoms with Crippen LogP contribution in [0.3, 0.4) is 0 Å². The Morgan fingerprint density at radius 1 is 1.23 bits per heavy atom. The second kappa shape index (κ2) is 9.13. The number of carbonyl (C=O) groups excluding carboxylic acids is 1. The van der Waals surface area contributed by atoms with Crippen LogP contribution in [0.2, 0.25) is 5.02 Å². The molecule has 31 heavy (non-hydrogen) atoms. The average molecular weight is 451 g/mol. The molecule has 1 amide bonds. The minimum atomic E-state index is -1.39. The summed E-state index contributed by atoms with van der Waals surface area (Å²) in [6, 6.07) is 6.30. The van der Waals surface area contributed by atoms with Gasteiger partial charge in [0.25, 0.3) is 5.56 Å². The van der Waals surface area contributed by atoms with Crippen LogP contribution < -0.4 is 15.6 Å². The molecule has 10 heteroatoms. The first-order valence-electron chi connectivity index (χ1n) is 9.16. The number of carboxylic acids is 1. The number of carbonyl (C=O) groups is 2. The Balaban J connectivity index is 1.84. The van der Waals surface area contributed by atoms with Gasteiger partial charge in [-0.05, 0) is 42.8 Å². The fourth-order valence-electron chi connectivity index (χ4n) is 3.07. The number of aromatic nitrogens is 1. The van der Waals surface area contributed by atoms with Gasteiger partial charge in [-0.3, -0.25) is 9.59 Å². The maximum absolute atomic E-state index is 14.4. The maximum atomic E-state index is 14.4. The van der Waals surface area contributed by atoms with Crippen LogP contribution in [0.1, 0.15) is 28.4 Å². The molecule has 0 aliphatic carbocycles. The van der Waals surface area contributed by atoms with Crippen LogP contribution in [0, 0.1) is 11.6 Å². The third-order valence-corrected chi connectivity index (χ3v) is 4.71. The number of pyridine rings is 1. The molecule has 1 heterocycles. The Bertz CT molecular complexity index is 1240. The Kier molecular flexibility index (Phi) is 6.55. The van der Waals surface area contributed by atoms with Crippen molar-refractivity contribution in [3.05, 3.63) is 74.0 Å². The van der Waals surface area contributed by atoms with Gasteiger partial charge in [0.05, 0.1) is 18.5 Å². The first-order chi connectivity index (χ1) is 14.7. The van der Waals surface area contributed by atoms with Crippen LogP contribution >= 0.6 is 11.6 Å². The zero-order valence-corrected chi connectivity index (χ0v) is 17.0. The fourth-order valence-corrected chi connectivity index (χ4v) is 3.32. The monoisotopic (exact) mass is 450 g/mol. The van der Waals surface area contributed by atoms with Gasteiger partial charge in [-0.15, -0.1) is 0 Å². The van der Waals surface area contributed by atoms with Gasteiger partial charge in [-0.25, -0.2) is 13.6 Å².